The molecular weight excluding hydrogens is 299 g/mol. The van der Waals surface area contributed by atoms with Gasteiger partial charge in [-0.1, -0.05) is 23.2 Å². The molecule has 0 saturated heterocycles. The van der Waals surface area contributed by atoms with Crippen molar-refractivity contribution in [2.75, 3.05) is 5.32 Å². The zero-order valence-electron chi connectivity index (χ0n) is 9.91. The molecule has 0 radical (unpaired) electrons. The van der Waals surface area contributed by atoms with Crippen LogP contribution in [-0.4, -0.2) is 5.91 Å². The molecule has 0 aliphatic carbocycles. The van der Waals surface area contributed by atoms with Crippen molar-refractivity contribution in [2.45, 2.75) is 0 Å². The third kappa shape index (κ3) is 1.97. The van der Waals surface area contributed by atoms with Gasteiger partial charge in [0.05, 0.1) is 10.0 Å². The van der Waals surface area contributed by atoms with Gasteiger partial charge >= 0.3 is 0 Å². The number of halogens is 2. The van der Waals surface area contributed by atoms with Crippen LogP contribution in [0.5, 0.6) is 0 Å². The molecule has 4 nitrogen and oxygen atoms in total. The Labute approximate surface area is 123 Å². The van der Waals surface area contributed by atoms with Gasteiger partial charge in [-0.3, -0.25) is 4.79 Å². The Bertz CT molecular complexity index is 848. The van der Waals surface area contributed by atoms with Crippen molar-refractivity contribution in [2.24, 2.45) is 0 Å². The standard InChI is InChI=1S/C14H6Cl2N2O2/c15-9-2-1-7(5-10(9)16)18-14(19)13-8(6-17)11-3-4-12(13)20-11/h1-5H,(H,18,19). The zero-order chi connectivity index (χ0) is 14.3. The second-order valence-corrected chi connectivity index (χ2v) is 4.92. The Kier molecular flexibility index (Phi) is 3.01. The summed E-state index contributed by atoms with van der Waals surface area (Å²) in [5.41, 5.74) is 1.75. The summed E-state index contributed by atoms with van der Waals surface area (Å²) < 4.78 is 5.31. The summed E-state index contributed by atoms with van der Waals surface area (Å²) in [5, 5.41) is 12.5. The number of carbonyl (C=O) groups excluding carboxylic acids is 1. The van der Waals surface area contributed by atoms with Gasteiger partial charge in [-0.25, -0.2) is 0 Å². The number of benzene rings is 2. The molecule has 0 saturated carbocycles. The Morgan fingerprint density at radius 1 is 1.15 bits per heavy atom. The molecule has 0 spiro atoms. The molecule has 1 N–H and O–H groups in total. The van der Waals surface area contributed by atoms with E-state index in [0.717, 1.165) is 0 Å². The molecular formula is C14H6Cl2N2O2. The summed E-state index contributed by atoms with van der Waals surface area (Å²) in [6.07, 6.45) is 0. The first kappa shape index (κ1) is 12.8. The van der Waals surface area contributed by atoms with E-state index in [9.17, 15) is 4.79 Å². The third-order valence-electron chi connectivity index (χ3n) is 2.87. The minimum absolute atomic E-state index is 0.232. The van der Waals surface area contributed by atoms with Crippen LogP contribution in [0.2, 0.25) is 10.0 Å². The van der Waals surface area contributed by atoms with Crippen molar-refractivity contribution < 1.29 is 9.21 Å². The van der Waals surface area contributed by atoms with E-state index in [-0.39, 0.29) is 11.1 Å². The van der Waals surface area contributed by atoms with Crippen LogP contribution in [0.25, 0.3) is 11.2 Å². The zero-order valence-corrected chi connectivity index (χ0v) is 11.4. The predicted molar refractivity (Wildman–Crippen MR) is 76.5 cm³/mol. The maximum Gasteiger partial charge on any atom is 0.260 e. The van der Waals surface area contributed by atoms with Crippen LogP contribution in [0.1, 0.15) is 15.9 Å². The molecule has 0 aliphatic heterocycles. The van der Waals surface area contributed by atoms with Crippen LogP contribution in [-0.2, 0) is 0 Å². The van der Waals surface area contributed by atoms with E-state index in [0.29, 0.717) is 26.9 Å². The van der Waals surface area contributed by atoms with Crippen LogP contribution in [0, 0.1) is 11.3 Å². The molecule has 2 heterocycles. The summed E-state index contributed by atoms with van der Waals surface area (Å²) in [6, 6.07) is 10.0. The van der Waals surface area contributed by atoms with Crippen LogP contribution in [0.15, 0.2) is 34.7 Å². The number of furan rings is 2. The van der Waals surface area contributed by atoms with Gasteiger partial charge in [-0.05, 0) is 30.3 Å². The average molecular weight is 305 g/mol. The summed E-state index contributed by atoms with van der Waals surface area (Å²) >= 11 is 11.7. The van der Waals surface area contributed by atoms with Crippen LogP contribution >= 0.6 is 23.2 Å². The first-order valence-electron chi connectivity index (χ1n) is 5.61. The van der Waals surface area contributed by atoms with Crippen molar-refractivity contribution in [3.8, 4) is 6.07 Å². The van der Waals surface area contributed by atoms with Gasteiger partial charge in [0, 0.05) is 5.69 Å². The molecule has 0 unspecified atom stereocenters. The predicted octanol–water partition coefficient (Wildman–Crippen LogP) is 4.30. The summed E-state index contributed by atoms with van der Waals surface area (Å²) in [6.45, 7) is 0. The molecule has 2 bridgehead atoms. The van der Waals surface area contributed by atoms with Crippen molar-refractivity contribution in [1.82, 2.24) is 0 Å². The first-order chi connectivity index (χ1) is 9.60. The Balaban J connectivity index is 1.94. The maximum atomic E-state index is 12.2. The summed E-state index contributed by atoms with van der Waals surface area (Å²) in [5.74, 6) is -0.422. The largest absolute Gasteiger partial charge is 0.455 e. The molecule has 3 rings (SSSR count). The van der Waals surface area contributed by atoms with Crippen molar-refractivity contribution in [3.05, 3.63) is 51.5 Å². The number of anilines is 1. The molecule has 6 heteroatoms. The van der Waals surface area contributed by atoms with Gasteiger partial charge in [0.25, 0.3) is 5.91 Å². The Morgan fingerprint density at radius 3 is 2.60 bits per heavy atom. The van der Waals surface area contributed by atoms with Crippen LogP contribution in [0.3, 0.4) is 0 Å². The number of hydrogen-bond donors (Lipinski definition) is 1. The highest BCUT2D eigenvalue weighted by Gasteiger charge is 2.22. The first-order valence-corrected chi connectivity index (χ1v) is 6.37. The normalized spacial score (nSPS) is 10.7. The lowest BCUT2D eigenvalue weighted by molar-refractivity contribution is 0.102. The summed E-state index contributed by atoms with van der Waals surface area (Å²) in [7, 11) is 0. The van der Waals surface area contributed by atoms with Crippen LogP contribution in [0.4, 0.5) is 5.69 Å². The fourth-order valence-electron chi connectivity index (χ4n) is 1.96. The molecule has 3 aromatic rings. The van der Waals surface area contributed by atoms with Crippen LogP contribution < -0.4 is 5.32 Å². The van der Waals surface area contributed by atoms with E-state index in [1.165, 1.54) is 6.07 Å². The molecule has 2 aromatic heterocycles. The van der Waals surface area contributed by atoms with Gasteiger partial charge in [0.15, 0.2) is 0 Å². The van der Waals surface area contributed by atoms with Gasteiger partial charge < -0.3 is 9.73 Å². The van der Waals surface area contributed by atoms with Gasteiger partial charge in [0.1, 0.15) is 28.4 Å². The van der Waals surface area contributed by atoms with Crippen molar-refractivity contribution in [1.29, 1.82) is 5.26 Å². The monoisotopic (exact) mass is 304 g/mol. The van der Waals surface area contributed by atoms with E-state index in [4.69, 9.17) is 32.9 Å². The van der Waals surface area contributed by atoms with E-state index in [1.54, 1.807) is 24.3 Å². The molecule has 98 valence electrons. The van der Waals surface area contributed by atoms with E-state index in [2.05, 4.69) is 5.32 Å². The Hall–Kier alpha value is -2.22. The van der Waals surface area contributed by atoms with Gasteiger partial charge in [-0.15, -0.1) is 0 Å². The molecule has 1 aromatic carbocycles. The highest BCUT2D eigenvalue weighted by Crippen LogP contribution is 2.30. The number of nitrogens with zero attached hydrogens (tertiary/aromatic N) is 1. The average Bonchev–Trinajstić information content (AvgIpc) is 3.02. The lowest BCUT2D eigenvalue weighted by Crippen LogP contribution is -2.13. The van der Waals surface area contributed by atoms with Crippen molar-refractivity contribution in [3.63, 3.8) is 0 Å². The molecule has 20 heavy (non-hydrogen) atoms. The van der Waals surface area contributed by atoms with E-state index in [1.807, 2.05) is 6.07 Å². The fourth-order valence-corrected chi connectivity index (χ4v) is 2.26. The van der Waals surface area contributed by atoms with E-state index >= 15 is 0 Å². The second-order valence-electron chi connectivity index (χ2n) is 4.11. The number of carbonyl (C=O) groups is 1. The van der Waals surface area contributed by atoms with Gasteiger partial charge in [-0.2, -0.15) is 5.26 Å². The number of hydrogen-bond acceptors (Lipinski definition) is 3. The maximum absolute atomic E-state index is 12.2. The number of fused-ring (bicyclic) bond motifs is 2. The lowest BCUT2D eigenvalue weighted by atomic mass is 10.1. The lowest BCUT2D eigenvalue weighted by Gasteiger charge is -2.05. The molecule has 1 amide bonds. The van der Waals surface area contributed by atoms with Crippen molar-refractivity contribution >= 4 is 46.0 Å². The second kappa shape index (κ2) is 4.71. The number of nitrogens with one attached hydrogen (secondary N) is 1. The number of amides is 1. The van der Waals surface area contributed by atoms with E-state index < -0.39 is 5.91 Å². The quantitative estimate of drug-likeness (QED) is 0.767. The minimum Gasteiger partial charge on any atom is -0.455 e. The van der Waals surface area contributed by atoms with Gasteiger partial charge in [0.2, 0.25) is 0 Å². The fraction of sp³-hybridized carbons (Fsp3) is 0. The topological polar surface area (TPSA) is 66.0 Å². The Morgan fingerprint density at radius 2 is 1.90 bits per heavy atom. The SMILES string of the molecule is N#Cc1c(C(=O)Nc2ccc(Cl)c(Cl)c2)c2ccc1o2. The highest BCUT2D eigenvalue weighted by atomic mass is 35.5. The summed E-state index contributed by atoms with van der Waals surface area (Å²) in [4.78, 5) is 12.2. The smallest absolute Gasteiger partial charge is 0.260 e. The molecule has 0 fully saturated rings. The number of nitriles is 1. The highest BCUT2D eigenvalue weighted by molar-refractivity contribution is 6.42. The third-order valence-corrected chi connectivity index (χ3v) is 3.60. The minimum atomic E-state index is -0.422. The molecule has 0 atom stereocenters. The molecule has 0 aliphatic rings. The number of rotatable bonds is 2.